The summed E-state index contributed by atoms with van der Waals surface area (Å²) in [5, 5.41) is 5.29. The van der Waals surface area contributed by atoms with Crippen LogP contribution >= 0.6 is 0 Å². The molecule has 152 valence electrons. The quantitative estimate of drug-likeness (QED) is 0.773. The predicted molar refractivity (Wildman–Crippen MR) is 106 cm³/mol. The van der Waals surface area contributed by atoms with Crippen LogP contribution in [0.25, 0.3) is 0 Å². The van der Waals surface area contributed by atoms with E-state index in [1.807, 2.05) is 20.0 Å². The fourth-order valence-corrected chi connectivity index (χ4v) is 4.41. The van der Waals surface area contributed by atoms with Crippen molar-refractivity contribution >= 4 is 17.8 Å². The number of benzene rings is 1. The van der Waals surface area contributed by atoms with Crippen molar-refractivity contribution in [2.45, 2.75) is 38.6 Å². The maximum absolute atomic E-state index is 13.3. The fraction of sp³-hybridized carbons (Fsp3) is 0.429. The van der Waals surface area contributed by atoms with Gasteiger partial charge >= 0.3 is 6.03 Å². The molecule has 0 saturated carbocycles. The highest BCUT2D eigenvalue weighted by Crippen LogP contribution is 2.35. The second-order valence-electron chi connectivity index (χ2n) is 7.87. The third-order valence-electron chi connectivity index (χ3n) is 5.92. The Balaban J connectivity index is 1.55. The zero-order chi connectivity index (χ0) is 20.6. The van der Waals surface area contributed by atoms with Crippen molar-refractivity contribution in [1.82, 2.24) is 20.6 Å². The van der Waals surface area contributed by atoms with E-state index in [0.717, 1.165) is 48.7 Å². The molecule has 29 heavy (non-hydrogen) atoms. The van der Waals surface area contributed by atoms with Gasteiger partial charge in [0.2, 0.25) is 0 Å². The Morgan fingerprint density at radius 3 is 2.48 bits per heavy atom. The molecule has 2 aromatic rings. The van der Waals surface area contributed by atoms with Gasteiger partial charge in [0.1, 0.15) is 23.0 Å². The molecule has 2 saturated heterocycles. The Hall–Kier alpha value is -3.03. The number of imide groups is 1. The molecular formula is C21H24FN5O2. The summed E-state index contributed by atoms with van der Waals surface area (Å²) in [7, 11) is 0. The highest BCUT2D eigenvalue weighted by atomic mass is 19.1. The van der Waals surface area contributed by atoms with Gasteiger partial charge in [-0.25, -0.2) is 19.2 Å². The number of halogens is 1. The molecule has 2 N–H and O–H groups in total. The SMILES string of the molecule is Cc1ncc(C)c(N2CCC([C@]3(Cc4ccc(F)cc4)NC(=O)NC3=O)CC2)n1. The molecule has 2 aliphatic rings. The molecule has 0 aliphatic carbocycles. The van der Waals surface area contributed by atoms with Crippen molar-refractivity contribution in [3.05, 3.63) is 53.2 Å². The second kappa shape index (κ2) is 7.42. The number of anilines is 1. The Kier molecular flexibility index (Phi) is 4.94. The number of hydrogen-bond donors (Lipinski definition) is 2. The number of aromatic nitrogens is 2. The summed E-state index contributed by atoms with van der Waals surface area (Å²) in [6.07, 6.45) is 3.63. The van der Waals surface area contributed by atoms with Crippen LogP contribution in [0.1, 0.15) is 29.8 Å². The minimum absolute atomic E-state index is 0.0292. The van der Waals surface area contributed by atoms with Gasteiger partial charge in [-0.2, -0.15) is 0 Å². The van der Waals surface area contributed by atoms with Crippen LogP contribution in [0.2, 0.25) is 0 Å². The Labute approximate surface area is 168 Å². The molecule has 8 heteroatoms. The second-order valence-corrected chi connectivity index (χ2v) is 7.87. The predicted octanol–water partition coefficient (Wildman–Crippen LogP) is 2.27. The number of nitrogens with zero attached hydrogens (tertiary/aromatic N) is 3. The zero-order valence-electron chi connectivity index (χ0n) is 16.5. The van der Waals surface area contributed by atoms with Crippen molar-refractivity contribution in [2.75, 3.05) is 18.0 Å². The summed E-state index contributed by atoms with van der Waals surface area (Å²) in [6.45, 7) is 5.32. The van der Waals surface area contributed by atoms with Gasteiger partial charge < -0.3 is 10.2 Å². The maximum atomic E-state index is 13.3. The van der Waals surface area contributed by atoms with E-state index in [1.54, 1.807) is 12.1 Å². The lowest BCUT2D eigenvalue weighted by atomic mass is 9.74. The molecule has 0 radical (unpaired) electrons. The number of piperidine rings is 1. The topological polar surface area (TPSA) is 87.2 Å². The first kappa shape index (κ1) is 19.3. The highest BCUT2D eigenvalue weighted by Gasteiger charge is 2.52. The monoisotopic (exact) mass is 397 g/mol. The third kappa shape index (κ3) is 3.66. The summed E-state index contributed by atoms with van der Waals surface area (Å²) < 4.78 is 13.3. The lowest BCUT2D eigenvalue weighted by Gasteiger charge is -2.41. The van der Waals surface area contributed by atoms with E-state index in [2.05, 4.69) is 25.5 Å². The number of amides is 3. The summed E-state index contributed by atoms with van der Waals surface area (Å²) in [5.74, 6) is 0.982. The van der Waals surface area contributed by atoms with Crippen LogP contribution in [0.15, 0.2) is 30.5 Å². The van der Waals surface area contributed by atoms with Crippen LogP contribution in [0.4, 0.5) is 15.0 Å². The van der Waals surface area contributed by atoms with Gasteiger partial charge in [-0.3, -0.25) is 10.1 Å². The Morgan fingerprint density at radius 2 is 1.86 bits per heavy atom. The first-order chi connectivity index (χ1) is 13.9. The highest BCUT2D eigenvalue weighted by molar-refractivity contribution is 6.07. The molecule has 1 aromatic carbocycles. The molecule has 0 unspecified atom stereocenters. The summed E-state index contributed by atoms with van der Waals surface area (Å²) in [5.41, 5.74) is 0.813. The molecule has 1 aromatic heterocycles. The normalized spacial score (nSPS) is 22.5. The van der Waals surface area contributed by atoms with Crippen LogP contribution in [0.3, 0.4) is 0 Å². The number of nitrogens with one attached hydrogen (secondary N) is 2. The smallest absolute Gasteiger partial charge is 0.322 e. The number of carbonyl (C=O) groups is 2. The molecular weight excluding hydrogens is 373 g/mol. The number of carbonyl (C=O) groups excluding carboxylic acids is 2. The van der Waals surface area contributed by atoms with Crippen LogP contribution in [-0.2, 0) is 11.2 Å². The largest absolute Gasteiger partial charge is 0.356 e. The van der Waals surface area contributed by atoms with Crippen LogP contribution in [0.5, 0.6) is 0 Å². The molecule has 0 spiro atoms. The first-order valence-electron chi connectivity index (χ1n) is 9.80. The van der Waals surface area contributed by atoms with E-state index >= 15 is 0 Å². The van der Waals surface area contributed by atoms with Gasteiger partial charge in [0.15, 0.2) is 0 Å². The van der Waals surface area contributed by atoms with Crippen molar-refractivity contribution < 1.29 is 14.0 Å². The van der Waals surface area contributed by atoms with Gasteiger partial charge in [0.25, 0.3) is 5.91 Å². The average Bonchev–Trinajstić information content (AvgIpc) is 2.99. The van der Waals surface area contributed by atoms with E-state index in [9.17, 15) is 14.0 Å². The molecule has 4 rings (SSSR count). The molecule has 3 heterocycles. The molecule has 2 fully saturated rings. The van der Waals surface area contributed by atoms with Crippen molar-refractivity contribution in [3.8, 4) is 0 Å². The fourth-order valence-electron chi connectivity index (χ4n) is 4.41. The van der Waals surface area contributed by atoms with E-state index in [4.69, 9.17) is 0 Å². The van der Waals surface area contributed by atoms with E-state index in [-0.39, 0.29) is 17.6 Å². The van der Waals surface area contributed by atoms with Crippen molar-refractivity contribution in [3.63, 3.8) is 0 Å². The van der Waals surface area contributed by atoms with Gasteiger partial charge in [-0.15, -0.1) is 0 Å². The minimum Gasteiger partial charge on any atom is -0.356 e. The summed E-state index contributed by atoms with van der Waals surface area (Å²) in [6, 6.07) is 5.61. The first-order valence-corrected chi connectivity index (χ1v) is 9.80. The van der Waals surface area contributed by atoms with Crippen molar-refractivity contribution in [1.29, 1.82) is 0 Å². The lowest BCUT2D eigenvalue weighted by Crippen LogP contribution is -2.57. The van der Waals surface area contributed by atoms with Crippen LogP contribution < -0.4 is 15.5 Å². The summed E-state index contributed by atoms with van der Waals surface area (Å²) >= 11 is 0. The zero-order valence-corrected chi connectivity index (χ0v) is 16.5. The molecule has 3 amide bonds. The van der Waals surface area contributed by atoms with E-state index < -0.39 is 11.6 Å². The van der Waals surface area contributed by atoms with E-state index in [1.165, 1.54) is 12.1 Å². The number of aryl methyl sites for hydroxylation is 2. The Bertz CT molecular complexity index is 941. The van der Waals surface area contributed by atoms with E-state index in [0.29, 0.717) is 6.42 Å². The lowest BCUT2D eigenvalue weighted by molar-refractivity contribution is -0.126. The van der Waals surface area contributed by atoms with Crippen molar-refractivity contribution in [2.24, 2.45) is 5.92 Å². The summed E-state index contributed by atoms with van der Waals surface area (Å²) in [4.78, 5) is 35.8. The van der Waals surface area contributed by atoms with Crippen LogP contribution in [0, 0.1) is 25.6 Å². The van der Waals surface area contributed by atoms with Crippen LogP contribution in [-0.4, -0.2) is 40.5 Å². The molecule has 2 aliphatic heterocycles. The molecule has 7 nitrogen and oxygen atoms in total. The molecule has 1 atom stereocenters. The number of rotatable bonds is 4. The van der Waals surface area contributed by atoms with Gasteiger partial charge in [0.05, 0.1) is 0 Å². The Morgan fingerprint density at radius 1 is 1.17 bits per heavy atom. The minimum atomic E-state index is -1.02. The standard InChI is InChI=1S/C21H24FN5O2/c1-13-12-23-14(2)24-18(13)27-9-7-16(8-10-27)21(19(28)25-20(29)26-21)11-15-3-5-17(22)6-4-15/h3-6,12,16H,7-11H2,1-2H3,(H2,25,26,28,29)/t21-/m0/s1. The maximum Gasteiger partial charge on any atom is 0.322 e. The van der Waals surface area contributed by atoms with Gasteiger partial charge in [0, 0.05) is 31.3 Å². The molecule has 0 bridgehead atoms. The number of hydrogen-bond acceptors (Lipinski definition) is 5. The van der Waals surface area contributed by atoms with Gasteiger partial charge in [-0.05, 0) is 50.3 Å². The number of urea groups is 1. The third-order valence-corrected chi connectivity index (χ3v) is 5.92. The average molecular weight is 397 g/mol. The van der Waals surface area contributed by atoms with Gasteiger partial charge in [-0.1, -0.05) is 12.1 Å².